The minimum atomic E-state index is -4.22. The van der Waals surface area contributed by atoms with Crippen LogP contribution in [0.2, 0.25) is 0 Å². The average molecular weight is 379 g/mol. The molecule has 0 atom stereocenters. The molecule has 2 aromatic rings. The van der Waals surface area contributed by atoms with Gasteiger partial charge in [0.05, 0.1) is 12.7 Å². The smallest absolute Gasteiger partial charge is 0.401 e. The SMILES string of the molecule is O=C(c1ccc(Oc2cccnc2)cc1)N1CCCN(CC(F)(F)F)CC1. The summed E-state index contributed by atoms with van der Waals surface area (Å²) in [4.78, 5) is 19.6. The second-order valence-electron chi connectivity index (χ2n) is 6.35. The molecule has 1 aliphatic rings. The first-order chi connectivity index (χ1) is 12.9. The van der Waals surface area contributed by atoms with E-state index in [2.05, 4.69) is 4.98 Å². The Hall–Kier alpha value is -2.61. The van der Waals surface area contributed by atoms with Gasteiger partial charge in [-0.2, -0.15) is 13.2 Å². The van der Waals surface area contributed by atoms with Crippen LogP contribution in [0.3, 0.4) is 0 Å². The maximum absolute atomic E-state index is 12.6. The first-order valence-electron chi connectivity index (χ1n) is 8.67. The number of nitrogens with zero attached hydrogens (tertiary/aromatic N) is 3. The predicted octanol–water partition coefficient (Wildman–Crippen LogP) is 3.58. The third-order valence-corrected chi connectivity index (χ3v) is 4.25. The van der Waals surface area contributed by atoms with Crippen LogP contribution in [0.1, 0.15) is 16.8 Å². The largest absolute Gasteiger partial charge is 0.456 e. The second kappa shape index (κ2) is 8.39. The molecule has 0 spiro atoms. The lowest BCUT2D eigenvalue weighted by molar-refractivity contribution is -0.145. The summed E-state index contributed by atoms with van der Waals surface area (Å²) in [6, 6.07) is 10.2. The maximum atomic E-state index is 12.6. The van der Waals surface area contributed by atoms with Gasteiger partial charge >= 0.3 is 6.18 Å². The Labute approximate surface area is 155 Å². The minimum Gasteiger partial charge on any atom is -0.456 e. The van der Waals surface area contributed by atoms with Gasteiger partial charge in [-0.1, -0.05) is 0 Å². The van der Waals surface area contributed by atoms with E-state index in [0.717, 1.165) is 0 Å². The van der Waals surface area contributed by atoms with Crippen molar-refractivity contribution >= 4 is 5.91 Å². The molecule has 0 radical (unpaired) electrons. The van der Waals surface area contributed by atoms with Crippen LogP contribution >= 0.6 is 0 Å². The Morgan fingerprint density at radius 1 is 1.04 bits per heavy atom. The zero-order valence-corrected chi connectivity index (χ0v) is 14.7. The van der Waals surface area contributed by atoms with E-state index in [1.807, 2.05) is 0 Å². The monoisotopic (exact) mass is 379 g/mol. The van der Waals surface area contributed by atoms with Gasteiger partial charge in [0.25, 0.3) is 5.91 Å². The first kappa shape index (κ1) is 19.2. The number of hydrogen-bond acceptors (Lipinski definition) is 4. The number of pyridine rings is 1. The fraction of sp³-hybridized carbons (Fsp3) is 0.368. The number of ether oxygens (including phenoxy) is 1. The molecule has 0 bridgehead atoms. The summed E-state index contributed by atoms with van der Waals surface area (Å²) < 4.78 is 43.3. The number of aromatic nitrogens is 1. The quantitative estimate of drug-likeness (QED) is 0.815. The van der Waals surface area contributed by atoms with Gasteiger partial charge in [0, 0.05) is 37.9 Å². The number of carbonyl (C=O) groups excluding carboxylic acids is 1. The lowest BCUT2D eigenvalue weighted by Crippen LogP contribution is -2.38. The minimum absolute atomic E-state index is 0.184. The highest BCUT2D eigenvalue weighted by Gasteiger charge is 2.31. The summed E-state index contributed by atoms with van der Waals surface area (Å²) >= 11 is 0. The Morgan fingerprint density at radius 3 is 2.48 bits per heavy atom. The molecule has 1 aromatic carbocycles. The molecule has 0 aliphatic carbocycles. The zero-order valence-electron chi connectivity index (χ0n) is 14.7. The number of carbonyl (C=O) groups is 1. The van der Waals surface area contributed by atoms with Gasteiger partial charge in [-0.3, -0.25) is 14.7 Å². The van der Waals surface area contributed by atoms with E-state index in [0.29, 0.717) is 36.6 Å². The molecule has 27 heavy (non-hydrogen) atoms. The molecule has 1 amide bonds. The summed E-state index contributed by atoms with van der Waals surface area (Å²) in [5.74, 6) is 0.984. The summed E-state index contributed by atoms with van der Waals surface area (Å²) in [6.45, 7) is 0.341. The highest BCUT2D eigenvalue weighted by atomic mass is 19.4. The molecular weight excluding hydrogens is 359 g/mol. The molecule has 1 aromatic heterocycles. The summed E-state index contributed by atoms with van der Waals surface area (Å²) in [7, 11) is 0. The van der Waals surface area contributed by atoms with Crippen molar-refractivity contribution in [2.75, 3.05) is 32.7 Å². The van der Waals surface area contributed by atoms with Crippen molar-refractivity contribution in [3.8, 4) is 11.5 Å². The second-order valence-corrected chi connectivity index (χ2v) is 6.35. The Morgan fingerprint density at radius 2 is 1.81 bits per heavy atom. The molecule has 0 unspecified atom stereocenters. The van der Waals surface area contributed by atoms with E-state index in [1.165, 1.54) is 4.90 Å². The van der Waals surface area contributed by atoms with Crippen LogP contribution in [0, 0.1) is 0 Å². The Bertz CT molecular complexity index is 751. The molecule has 144 valence electrons. The normalized spacial score (nSPS) is 16.0. The maximum Gasteiger partial charge on any atom is 0.401 e. The molecule has 5 nitrogen and oxygen atoms in total. The zero-order chi connectivity index (χ0) is 19.3. The number of halogens is 3. The molecule has 0 saturated carbocycles. The number of benzene rings is 1. The van der Waals surface area contributed by atoms with E-state index in [4.69, 9.17) is 4.74 Å². The lowest BCUT2D eigenvalue weighted by atomic mass is 10.2. The molecule has 1 aliphatic heterocycles. The van der Waals surface area contributed by atoms with Gasteiger partial charge < -0.3 is 9.64 Å². The van der Waals surface area contributed by atoms with Gasteiger partial charge in [0.2, 0.25) is 0 Å². The number of alkyl halides is 3. The summed E-state index contributed by atoms with van der Waals surface area (Å²) in [5.41, 5.74) is 0.484. The lowest BCUT2D eigenvalue weighted by Gasteiger charge is -2.23. The van der Waals surface area contributed by atoms with E-state index in [-0.39, 0.29) is 19.0 Å². The summed E-state index contributed by atoms with van der Waals surface area (Å²) in [5, 5.41) is 0. The van der Waals surface area contributed by atoms with Crippen LogP contribution in [0.5, 0.6) is 11.5 Å². The van der Waals surface area contributed by atoms with Crippen molar-refractivity contribution in [2.24, 2.45) is 0 Å². The average Bonchev–Trinajstić information content (AvgIpc) is 2.87. The van der Waals surface area contributed by atoms with Gasteiger partial charge in [0.1, 0.15) is 11.5 Å². The fourth-order valence-corrected chi connectivity index (χ4v) is 2.98. The van der Waals surface area contributed by atoms with Gasteiger partial charge in [0.15, 0.2) is 0 Å². The van der Waals surface area contributed by atoms with Gasteiger partial charge in [-0.25, -0.2) is 0 Å². The van der Waals surface area contributed by atoms with E-state index in [9.17, 15) is 18.0 Å². The van der Waals surface area contributed by atoms with Crippen LogP contribution in [-0.4, -0.2) is 59.6 Å². The molecule has 0 N–H and O–H groups in total. The van der Waals surface area contributed by atoms with Crippen molar-refractivity contribution in [3.63, 3.8) is 0 Å². The van der Waals surface area contributed by atoms with Crippen LogP contribution in [0.4, 0.5) is 13.2 Å². The van der Waals surface area contributed by atoms with Crippen molar-refractivity contribution < 1.29 is 22.7 Å². The van der Waals surface area contributed by atoms with E-state index in [1.54, 1.807) is 53.7 Å². The summed E-state index contributed by atoms with van der Waals surface area (Å²) in [6.07, 6.45) is -0.470. The molecule has 1 saturated heterocycles. The van der Waals surface area contributed by atoms with Gasteiger partial charge in [-0.15, -0.1) is 0 Å². The van der Waals surface area contributed by atoms with Crippen molar-refractivity contribution in [1.82, 2.24) is 14.8 Å². The van der Waals surface area contributed by atoms with Crippen molar-refractivity contribution in [1.29, 1.82) is 0 Å². The van der Waals surface area contributed by atoms with Crippen LogP contribution in [0.25, 0.3) is 0 Å². The topological polar surface area (TPSA) is 45.7 Å². The highest BCUT2D eigenvalue weighted by molar-refractivity contribution is 5.94. The van der Waals surface area contributed by atoms with Crippen molar-refractivity contribution in [3.05, 3.63) is 54.4 Å². The number of rotatable bonds is 4. The third kappa shape index (κ3) is 5.68. The van der Waals surface area contributed by atoms with Gasteiger partial charge in [-0.05, 0) is 42.8 Å². The Balaban J connectivity index is 1.59. The predicted molar refractivity (Wildman–Crippen MR) is 93.8 cm³/mol. The molecule has 8 heteroatoms. The molecule has 2 heterocycles. The highest BCUT2D eigenvalue weighted by Crippen LogP contribution is 2.22. The van der Waals surface area contributed by atoms with Crippen LogP contribution < -0.4 is 4.74 Å². The van der Waals surface area contributed by atoms with Crippen LogP contribution in [-0.2, 0) is 0 Å². The Kier molecular flexibility index (Phi) is 5.95. The van der Waals surface area contributed by atoms with Crippen LogP contribution in [0.15, 0.2) is 48.8 Å². The third-order valence-electron chi connectivity index (χ3n) is 4.25. The molecule has 1 fully saturated rings. The van der Waals surface area contributed by atoms with E-state index >= 15 is 0 Å². The number of hydrogen-bond donors (Lipinski definition) is 0. The first-order valence-corrected chi connectivity index (χ1v) is 8.67. The molecular formula is C19H20F3N3O2. The van der Waals surface area contributed by atoms with Crippen molar-refractivity contribution in [2.45, 2.75) is 12.6 Å². The standard InChI is InChI=1S/C19H20F3N3O2/c20-19(21,22)14-24-9-2-10-25(12-11-24)18(26)15-4-6-16(7-5-15)27-17-3-1-8-23-13-17/h1,3-8,13H,2,9-12,14H2. The van der Waals surface area contributed by atoms with E-state index < -0.39 is 12.7 Å². The fourth-order valence-electron chi connectivity index (χ4n) is 2.98. The molecule has 3 rings (SSSR count). The number of amides is 1.